The van der Waals surface area contributed by atoms with E-state index >= 15 is 0 Å². The van der Waals surface area contributed by atoms with Gasteiger partial charge in [-0.1, -0.05) is 25.0 Å². The van der Waals surface area contributed by atoms with Gasteiger partial charge >= 0.3 is 5.97 Å². The number of rotatable bonds is 5. The SMILES string of the molecule is COC(=O)CC[C@]1(C)C2=C(CC[C@H]1[C@H](C)O)[C@@H]1CC[C@H](C(C)=O)[C@@]1(C)CC2. The molecular formula is C23H36O4. The first-order chi connectivity index (χ1) is 12.6. The number of carbonyl (C=O) groups is 2. The lowest BCUT2D eigenvalue weighted by Gasteiger charge is -2.53. The molecule has 0 saturated heterocycles. The molecule has 0 aromatic carbocycles. The van der Waals surface area contributed by atoms with E-state index in [0.29, 0.717) is 18.1 Å². The van der Waals surface area contributed by atoms with E-state index in [1.54, 1.807) is 12.5 Å². The molecule has 1 N–H and O–H groups in total. The first-order valence-electron chi connectivity index (χ1n) is 10.6. The molecule has 3 aliphatic carbocycles. The van der Waals surface area contributed by atoms with Crippen molar-refractivity contribution in [1.29, 1.82) is 0 Å². The van der Waals surface area contributed by atoms with Gasteiger partial charge in [-0.15, -0.1) is 0 Å². The highest BCUT2D eigenvalue weighted by atomic mass is 16.5. The number of hydrogen-bond donors (Lipinski definition) is 1. The first-order valence-corrected chi connectivity index (χ1v) is 10.6. The third kappa shape index (κ3) is 3.28. The van der Waals surface area contributed by atoms with Crippen molar-refractivity contribution in [1.82, 2.24) is 0 Å². The Morgan fingerprint density at radius 2 is 1.93 bits per heavy atom. The Balaban J connectivity index is 1.98. The third-order valence-corrected chi connectivity index (χ3v) is 8.44. The maximum Gasteiger partial charge on any atom is 0.305 e. The van der Waals surface area contributed by atoms with Crippen LogP contribution >= 0.6 is 0 Å². The summed E-state index contributed by atoms with van der Waals surface area (Å²) in [5.41, 5.74) is 2.96. The summed E-state index contributed by atoms with van der Waals surface area (Å²) in [4.78, 5) is 24.1. The van der Waals surface area contributed by atoms with Gasteiger partial charge in [-0.05, 0) is 81.5 Å². The predicted octanol–water partition coefficient (Wildman–Crippen LogP) is 4.45. The van der Waals surface area contributed by atoms with Crippen LogP contribution in [0.25, 0.3) is 0 Å². The van der Waals surface area contributed by atoms with Crippen molar-refractivity contribution in [3.05, 3.63) is 11.1 Å². The van der Waals surface area contributed by atoms with Crippen LogP contribution in [-0.4, -0.2) is 30.1 Å². The largest absolute Gasteiger partial charge is 0.469 e. The lowest BCUT2D eigenvalue weighted by Crippen LogP contribution is -2.45. The van der Waals surface area contributed by atoms with Gasteiger partial charge < -0.3 is 9.84 Å². The van der Waals surface area contributed by atoms with E-state index in [1.807, 2.05) is 6.92 Å². The summed E-state index contributed by atoms with van der Waals surface area (Å²) < 4.78 is 4.89. The monoisotopic (exact) mass is 376 g/mol. The van der Waals surface area contributed by atoms with Crippen LogP contribution in [0.5, 0.6) is 0 Å². The Morgan fingerprint density at radius 1 is 1.22 bits per heavy atom. The van der Waals surface area contributed by atoms with E-state index in [-0.39, 0.29) is 34.7 Å². The number of Topliss-reactive ketones (excluding diaryl/α,β-unsaturated/α-hetero) is 1. The Hall–Kier alpha value is -1.16. The smallest absolute Gasteiger partial charge is 0.305 e. The number of ketones is 1. The summed E-state index contributed by atoms with van der Waals surface area (Å²) >= 11 is 0. The zero-order valence-corrected chi connectivity index (χ0v) is 17.6. The third-order valence-electron chi connectivity index (χ3n) is 8.44. The fraction of sp³-hybridized carbons (Fsp3) is 0.826. The zero-order valence-electron chi connectivity index (χ0n) is 17.6. The number of carbonyl (C=O) groups excluding carboxylic acids is 2. The minimum Gasteiger partial charge on any atom is -0.469 e. The van der Waals surface area contributed by atoms with E-state index in [0.717, 1.165) is 44.9 Å². The summed E-state index contributed by atoms with van der Waals surface area (Å²) in [5, 5.41) is 10.5. The van der Waals surface area contributed by atoms with Crippen molar-refractivity contribution in [3.8, 4) is 0 Å². The van der Waals surface area contributed by atoms with E-state index in [1.165, 1.54) is 12.7 Å². The van der Waals surface area contributed by atoms with Gasteiger partial charge in [-0.25, -0.2) is 0 Å². The van der Waals surface area contributed by atoms with Crippen LogP contribution in [0, 0.1) is 28.6 Å². The number of aliphatic hydroxyl groups excluding tert-OH is 1. The topological polar surface area (TPSA) is 63.6 Å². The Labute approximate surface area is 163 Å². The molecule has 0 aliphatic heterocycles. The van der Waals surface area contributed by atoms with Gasteiger partial charge in [0.2, 0.25) is 0 Å². The number of aliphatic hydroxyl groups is 1. The van der Waals surface area contributed by atoms with Gasteiger partial charge in [-0.3, -0.25) is 9.59 Å². The van der Waals surface area contributed by atoms with Crippen LogP contribution in [0.4, 0.5) is 0 Å². The molecule has 152 valence electrons. The summed E-state index contributed by atoms with van der Waals surface area (Å²) in [5.74, 6) is 1.02. The molecule has 4 heteroatoms. The maximum absolute atomic E-state index is 12.2. The maximum atomic E-state index is 12.2. The summed E-state index contributed by atoms with van der Waals surface area (Å²) in [6.07, 6.45) is 6.88. The molecule has 0 bridgehead atoms. The molecular weight excluding hydrogens is 340 g/mol. The Bertz CT molecular complexity index is 649. The summed E-state index contributed by atoms with van der Waals surface area (Å²) in [6.45, 7) is 8.23. The summed E-state index contributed by atoms with van der Waals surface area (Å²) in [7, 11) is 1.44. The predicted molar refractivity (Wildman–Crippen MR) is 105 cm³/mol. The van der Waals surface area contributed by atoms with Crippen LogP contribution < -0.4 is 0 Å². The molecule has 1 saturated carbocycles. The fourth-order valence-corrected chi connectivity index (χ4v) is 6.99. The molecule has 0 heterocycles. The van der Waals surface area contributed by atoms with Gasteiger partial charge in [0.25, 0.3) is 0 Å². The number of esters is 1. The molecule has 0 aromatic rings. The van der Waals surface area contributed by atoms with Crippen molar-refractivity contribution >= 4 is 11.8 Å². The normalized spacial score (nSPS) is 39.6. The second kappa shape index (κ2) is 7.35. The van der Waals surface area contributed by atoms with Crippen LogP contribution in [-0.2, 0) is 14.3 Å². The van der Waals surface area contributed by atoms with Gasteiger partial charge in [0.1, 0.15) is 5.78 Å². The van der Waals surface area contributed by atoms with Crippen LogP contribution in [0.2, 0.25) is 0 Å². The first kappa shape index (κ1) is 20.6. The molecule has 6 atom stereocenters. The fourth-order valence-electron chi connectivity index (χ4n) is 6.99. The molecule has 0 amide bonds. The minimum absolute atomic E-state index is 0.0889. The molecule has 0 spiro atoms. The molecule has 27 heavy (non-hydrogen) atoms. The van der Waals surface area contributed by atoms with Crippen molar-refractivity contribution in [2.24, 2.45) is 28.6 Å². The van der Waals surface area contributed by atoms with Crippen LogP contribution in [0.15, 0.2) is 11.1 Å². The molecule has 1 fully saturated rings. The average Bonchev–Trinajstić information content (AvgIpc) is 2.97. The number of allylic oxidation sites excluding steroid dienone is 2. The summed E-state index contributed by atoms with van der Waals surface area (Å²) in [6, 6.07) is 0. The molecule has 0 radical (unpaired) electrons. The molecule has 0 aromatic heterocycles. The molecule has 3 rings (SSSR count). The molecule has 3 aliphatic rings. The highest BCUT2D eigenvalue weighted by Crippen LogP contribution is 2.63. The zero-order chi connectivity index (χ0) is 20.0. The second-order valence-electron chi connectivity index (χ2n) is 9.68. The van der Waals surface area contributed by atoms with Gasteiger partial charge in [0.15, 0.2) is 0 Å². The lowest BCUT2D eigenvalue weighted by atomic mass is 9.52. The number of ether oxygens (including phenoxy) is 1. The van der Waals surface area contributed by atoms with Crippen molar-refractivity contribution < 1.29 is 19.4 Å². The Morgan fingerprint density at radius 3 is 2.52 bits per heavy atom. The molecule has 4 nitrogen and oxygen atoms in total. The van der Waals surface area contributed by atoms with E-state index in [2.05, 4.69) is 13.8 Å². The standard InChI is InChI=1S/C23H36O4/c1-14(24)17-7-6-16-19-9-8-18(15(2)25)22(19,3)12-10-20(16)23(17,4)13-11-21(26)27-5/h14,17-19,24H,6-13H2,1-5H3/t14-,17-,18+,19-,22+,23-/m0/s1. The van der Waals surface area contributed by atoms with E-state index < -0.39 is 0 Å². The second-order valence-corrected chi connectivity index (χ2v) is 9.68. The number of methoxy groups -OCH3 is 1. The Kier molecular flexibility index (Phi) is 5.60. The van der Waals surface area contributed by atoms with Crippen LogP contribution in [0.1, 0.15) is 79.1 Å². The van der Waals surface area contributed by atoms with Crippen molar-refractivity contribution in [3.63, 3.8) is 0 Å². The average molecular weight is 377 g/mol. The van der Waals surface area contributed by atoms with Crippen molar-refractivity contribution in [2.45, 2.75) is 85.2 Å². The van der Waals surface area contributed by atoms with E-state index in [9.17, 15) is 14.7 Å². The van der Waals surface area contributed by atoms with E-state index in [4.69, 9.17) is 4.74 Å². The van der Waals surface area contributed by atoms with Gasteiger partial charge in [0, 0.05) is 12.3 Å². The van der Waals surface area contributed by atoms with Gasteiger partial charge in [0.05, 0.1) is 13.2 Å². The van der Waals surface area contributed by atoms with Crippen LogP contribution in [0.3, 0.4) is 0 Å². The minimum atomic E-state index is -0.386. The van der Waals surface area contributed by atoms with Crippen molar-refractivity contribution in [2.75, 3.05) is 7.11 Å². The lowest BCUT2D eigenvalue weighted by molar-refractivity contribution is -0.141. The highest BCUT2D eigenvalue weighted by molar-refractivity contribution is 5.79. The number of hydrogen-bond acceptors (Lipinski definition) is 4. The highest BCUT2D eigenvalue weighted by Gasteiger charge is 2.55. The quantitative estimate of drug-likeness (QED) is 0.569. The van der Waals surface area contributed by atoms with Gasteiger partial charge in [-0.2, -0.15) is 0 Å². The molecule has 0 unspecified atom stereocenters. The number of fused-ring (bicyclic) bond motifs is 2.